The summed E-state index contributed by atoms with van der Waals surface area (Å²) >= 11 is 5.86. The fourth-order valence-electron chi connectivity index (χ4n) is 2.36. The first-order valence-electron chi connectivity index (χ1n) is 7.67. The Labute approximate surface area is 146 Å². The molecular weight excluding hydrogens is 328 g/mol. The molecule has 128 valence electrons. The normalized spacial score (nSPS) is 13.2. The van der Waals surface area contributed by atoms with Crippen molar-refractivity contribution in [2.45, 2.75) is 25.9 Å². The Hall–Kier alpha value is -2.34. The predicted molar refractivity (Wildman–Crippen MR) is 92.6 cm³/mol. The van der Waals surface area contributed by atoms with Gasteiger partial charge in [-0.3, -0.25) is 14.3 Å². The lowest BCUT2D eigenvalue weighted by atomic mass is 10.1. The van der Waals surface area contributed by atoms with Gasteiger partial charge in [-0.1, -0.05) is 23.7 Å². The molecule has 6 nitrogen and oxygen atoms in total. The standard InChI is InChI=1S/C17H21ClN4O2/c1-12(14-5-7-15(18)8-6-14)20-16(23)11-21(3)17(24)13(2)22-10-4-9-19-22/h4-10,12-13H,11H2,1-3H3,(H,20,23). The van der Waals surface area contributed by atoms with Crippen LogP contribution in [-0.2, 0) is 9.59 Å². The van der Waals surface area contributed by atoms with Crippen molar-refractivity contribution in [3.8, 4) is 0 Å². The molecule has 24 heavy (non-hydrogen) atoms. The third-order valence-corrected chi connectivity index (χ3v) is 4.04. The van der Waals surface area contributed by atoms with Crippen LogP contribution in [0.4, 0.5) is 0 Å². The number of amides is 2. The predicted octanol–water partition coefficient (Wildman–Crippen LogP) is 2.43. The number of hydrogen-bond donors (Lipinski definition) is 1. The molecule has 2 unspecified atom stereocenters. The number of carbonyl (C=O) groups is 2. The number of rotatable bonds is 6. The molecule has 1 aromatic carbocycles. The monoisotopic (exact) mass is 348 g/mol. The molecule has 0 aliphatic heterocycles. The second-order valence-electron chi connectivity index (χ2n) is 5.70. The third kappa shape index (κ3) is 4.58. The first-order chi connectivity index (χ1) is 11.4. The summed E-state index contributed by atoms with van der Waals surface area (Å²) in [7, 11) is 1.61. The Morgan fingerprint density at radius 2 is 1.96 bits per heavy atom. The highest BCUT2D eigenvalue weighted by Gasteiger charge is 2.21. The lowest BCUT2D eigenvalue weighted by Gasteiger charge is -2.22. The molecule has 1 N–H and O–H groups in total. The van der Waals surface area contributed by atoms with Crippen molar-refractivity contribution >= 4 is 23.4 Å². The van der Waals surface area contributed by atoms with Crippen molar-refractivity contribution in [2.24, 2.45) is 0 Å². The number of nitrogens with zero attached hydrogens (tertiary/aromatic N) is 3. The molecule has 0 fully saturated rings. The van der Waals surface area contributed by atoms with Crippen molar-refractivity contribution in [2.75, 3.05) is 13.6 Å². The van der Waals surface area contributed by atoms with E-state index in [0.717, 1.165) is 5.56 Å². The number of halogens is 1. The van der Waals surface area contributed by atoms with Crippen LogP contribution < -0.4 is 5.32 Å². The average Bonchev–Trinajstić information content (AvgIpc) is 3.08. The maximum atomic E-state index is 12.3. The van der Waals surface area contributed by atoms with Crippen LogP contribution in [0.1, 0.15) is 31.5 Å². The molecule has 0 aliphatic rings. The molecule has 0 radical (unpaired) electrons. The van der Waals surface area contributed by atoms with Crippen molar-refractivity contribution in [3.63, 3.8) is 0 Å². The van der Waals surface area contributed by atoms with Gasteiger partial charge >= 0.3 is 0 Å². The quantitative estimate of drug-likeness (QED) is 0.871. The zero-order chi connectivity index (χ0) is 17.7. The Bertz CT molecular complexity index is 685. The molecule has 0 aliphatic carbocycles. The van der Waals surface area contributed by atoms with Crippen molar-refractivity contribution in [3.05, 3.63) is 53.3 Å². The van der Waals surface area contributed by atoms with E-state index in [1.165, 1.54) is 4.90 Å². The molecule has 7 heteroatoms. The topological polar surface area (TPSA) is 67.2 Å². The number of benzene rings is 1. The first kappa shape index (κ1) is 18.0. The maximum Gasteiger partial charge on any atom is 0.247 e. The summed E-state index contributed by atoms with van der Waals surface area (Å²) in [5, 5.41) is 7.58. The van der Waals surface area contributed by atoms with E-state index in [4.69, 9.17) is 11.6 Å². The van der Waals surface area contributed by atoms with E-state index in [9.17, 15) is 9.59 Å². The highest BCUT2D eigenvalue weighted by molar-refractivity contribution is 6.30. The van der Waals surface area contributed by atoms with Gasteiger partial charge in [0.2, 0.25) is 11.8 Å². The smallest absolute Gasteiger partial charge is 0.247 e. The van der Waals surface area contributed by atoms with E-state index < -0.39 is 6.04 Å². The van der Waals surface area contributed by atoms with E-state index in [1.807, 2.05) is 19.1 Å². The molecule has 1 heterocycles. The fraction of sp³-hybridized carbons (Fsp3) is 0.353. The molecule has 2 atom stereocenters. The summed E-state index contributed by atoms with van der Waals surface area (Å²) in [6.45, 7) is 3.62. The minimum absolute atomic E-state index is 0.0115. The van der Waals surface area contributed by atoms with Gasteiger partial charge in [0.05, 0.1) is 12.6 Å². The molecule has 2 rings (SSSR count). The van der Waals surface area contributed by atoms with Gasteiger partial charge in [0.15, 0.2) is 0 Å². The average molecular weight is 349 g/mol. The van der Waals surface area contributed by atoms with Crippen LogP contribution in [0.5, 0.6) is 0 Å². The Morgan fingerprint density at radius 1 is 1.29 bits per heavy atom. The van der Waals surface area contributed by atoms with Gasteiger partial charge in [-0.2, -0.15) is 5.10 Å². The van der Waals surface area contributed by atoms with Gasteiger partial charge in [0.1, 0.15) is 6.04 Å². The van der Waals surface area contributed by atoms with E-state index in [-0.39, 0.29) is 24.4 Å². The Morgan fingerprint density at radius 3 is 2.54 bits per heavy atom. The Kier molecular flexibility index (Phi) is 5.98. The first-order valence-corrected chi connectivity index (χ1v) is 8.05. The zero-order valence-electron chi connectivity index (χ0n) is 13.9. The van der Waals surface area contributed by atoms with Gasteiger partial charge in [0.25, 0.3) is 0 Å². The van der Waals surface area contributed by atoms with E-state index in [2.05, 4.69) is 10.4 Å². The number of hydrogen-bond acceptors (Lipinski definition) is 3. The molecule has 0 saturated carbocycles. The highest BCUT2D eigenvalue weighted by Crippen LogP contribution is 2.16. The third-order valence-electron chi connectivity index (χ3n) is 3.78. The largest absolute Gasteiger partial charge is 0.348 e. The fourth-order valence-corrected chi connectivity index (χ4v) is 2.48. The SMILES string of the molecule is CC(NC(=O)CN(C)C(=O)C(C)n1cccn1)c1ccc(Cl)cc1. The number of likely N-dealkylation sites (N-methyl/N-ethyl adjacent to an activating group) is 1. The van der Waals surface area contributed by atoms with Crippen molar-refractivity contribution in [1.82, 2.24) is 20.0 Å². The second kappa shape index (κ2) is 7.97. The van der Waals surface area contributed by atoms with E-state index >= 15 is 0 Å². The van der Waals surface area contributed by atoms with Crippen LogP contribution in [0, 0.1) is 0 Å². The summed E-state index contributed by atoms with van der Waals surface area (Å²) in [6, 6.07) is 8.42. The summed E-state index contributed by atoms with van der Waals surface area (Å²) in [5.41, 5.74) is 0.951. The lowest BCUT2D eigenvalue weighted by Crippen LogP contribution is -2.41. The van der Waals surface area contributed by atoms with Gasteiger partial charge < -0.3 is 10.2 Å². The molecule has 0 bridgehead atoms. The summed E-state index contributed by atoms with van der Waals surface area (Å²) in [6.07, 6.45) is 3.34. The highest BCUT2D eigenvalue weighted by atomic mass is 35.5. The molecular formula is C17H21ClN4O2. The minimum atomic E-state index is -0.452. The van der Waals surface area contributed by atoms with E-state index in [1.54, 1.807) is 49.2 Å². The van der Waals surface area contributed by atoms with Crippen LogP contribution in [0.3, 0.4) is 0 Å². The molecule has 2 amide bonds. The Balaban J connectivity index is 1.89. The van der Waals surface area contributed by atoms with Crippen LogP contribution in [0.15, 0.2) is 42.7 Å². The van der Waals surface area contributed by atoms with Crippen LogP contribution in [-0.4, -0.2) is 40.1 Å². The molecule has 0 saturated heterocycles. The summed E-state index contributed by atoms with van der Waals surface area (Å²) in [5.74, 6) is -0.394. The van der Waals surface area contributed by atoms with Crippen LogP contribution in [0.25, 0.3) is 0 Å². The van der Waals surface area contributed by atoms with E-state index in [0.29, 0.717) is 5.02 Å². The lowest BCUT2D eigenvalue weighted by molar-refractivity contribution is -0.137. The van der Waals surface area contributed by atoms with Gasteiger partial charge in [-0.25, -0.2) is 0 Å². The van der Waals surface area contributed by atoms with Gasteiger partial charge in [-0.05, 0) is 37.6 Å². The van der Waals surface area contributed by atoms with Gasteiger partial charge in [-0.15, -0.1) is 0 Å². The van der Waals surface area contributed by atoms with Crippen molar-refractivity contribution in [1.29, 1.82) is 0 Å². The summed E-state index contributed by atoms with van der Waals surface area (Å²) in [4.78, 5) is 25.9. The summed E-state index contributed by atoms with van der Waals surface area (Å²) < 4.78 is 1.56. The minimum Gasteiger partial charge on any atom is -0.348 e. The number of aromatic nitrogens is 2. The van der Waals surface area contributed by atoms with Crippen LogP contribution in [0.2, 0.25) is 5.02 Å². The molecule has 0 spiro atoms. The number of carbonyl (C=O) groups excluding carboxylic acids is 2. The maximum absolute atomic E-state index is 12.3. The number of nitrogens with one attached hydrogen (secondary N) is 1. The van der Waals surface area contributed by atoms with Crippen LogP contribution >= 0.6 is 11.6 Å². The molecule has 1 aromatic heterocycles. The second-order valence-corrected chi connectivity index (χ2v) is 6.13. The molecule has 2 aromatic rings. The zero-order valence-corrected chi connectivity index (χ0v) is 14.7. The van der Waals surface area contributed by atoms with Gasteiger partial charge in [0, 0.05) is 24.5 Å². The van der Waals surface area contributed by atoms with Crippen molar-refractivity contribution < 1.29 is 9.59 Å².